The van der Waals surface area contributed by atoms with Crippen molar-refractivity contribution in [1.29, 1.82) is 0 Å². The Balaban J connectivity index is 2.74. The van der Waals surface area contributed by atoms with E-state index in [-0.39, 0.29) is 6.04 Å². The monoisotopic (exact) mass is 273 g/mol. The van der Waals surface area contributed by atoms with Crippen LogP contribution in [0.1, 0.15) is 25.6 Å². The number of anilines is 1. The van der Waals surface area contributed by atoms with Crippen molar-refractivity contribution in [1.82, 2.24) is 9.97 Å². The molecule has 1 atom stereocenters. The van der Waals surface area contributed by atoms with Gasteiger partial charge in [-0.3, -0.25) is 0 Å². The molecule has 1 N–H and O–H groups in total. The molecule has 0 aliphatic carbocycles. The van der Waals surface area contributed by atoms with Gasteiger partial charge in [-0.25, -0.2) is 9.97 Å². The van der Waals surface area contributed by atoms with E-state index in [2.05, 4.69) is 22.2 Å². The van der Waals surface area contributed by atoms with Crippen LogP contribution in [0.25, 0.3) is 0 Å². The Morgan fingerprint density at radius 1 is 1.33 bits per heavy atom. The van der Waals surface area contributed by atoms with Crippen LogP contribution >= 0.6 is 11.6 Å². The van der Waals surface area contributed by atoms with E-state index in [1.807, 2.05) is 0 Å². The van der Waals surface area contributed by atoms with Gasteiger partial charge >= 0.3 is 0 Å². The van der Waals surface area contributed by atoms with Gasteiger partial charge in [-0.05, 0) is 6.42 Å². The van der Waals surface area contributed by atoms with Gasteiger partial charge in [0.05, 0.1) is 12.6 Å². The van der Waals surface area contributed by atoms with Gasteiger partial charge in [0.25, 0.3) is 0 Å². The van der Waals surface area contributed by atoms with Crippen molar-refractivity contribution in [3.8, 4) is 0 Å². The van der Waals surface area contributed by atoms with Crippen molar-refractivity contribution in [3.05, 3.63) is 17.0 Å². The lowest BCUT2D eigenvalue weighted by Crippen LogP contribution is -2.25. The highest BCUT2D eigenvalue weighted by Crippen LogP contribution is 2.14. The summed E-state index contributed by atoms with van der Waals surface area (Å²) in [5.74, 6) is 1.28. The molecule has 0 amide bonds. The molecule has 0 spiro atoms. The Bertz CT molecular complexity index is 357. The number of nitrogens with one attached hydrogen (secondary N) is 1. The fourth-order valence-electron chi connectivity index (χ4n) is 1.69. The molecule has 102 valence electrons. The average Bonchev–Trinajstić information content (AvgIpc) is 2.29. The van der Waals surface area contributed by atoms with E-state index < -0.39 is 0 Å². The second kappa shape index (κ2) is 8.24. The highest BCUT2D eigenvalue weighted by molar-refractivity contribution is 6.29. The second-order valence-electron chi connectivity index (χ2n) is 4.01. The fourth-order valence-corrected chi connectivity index (χ4v) is 1.89. The van der Waals surface area contributed by atoms with E-state index in [0.717, 1.165) is 12.8 Å². The Morgan fingerprint density at radius 2 is 2.11 bits per heavy atom. The summed E-state index contributed by atoms with van der Waals surface area (Å²) in [4.78, 5) is 8.42. The number of aromatic nitrogens is 2. The van der Waals surface area contributed by atoms with Crippen LogP contribution in [-0.4, -0.2) is 36.8 Å². The van der Waals surface area contributed by atoms with E-state index in [1.165, 1.54) is 0 Å². The molecule has 0 aliphatic heterocycles. The summed E-state index contributed by atoms with van der Waals surface area (Å²) in [6.45, 7) is 3.11. The summed E-state index contributed by atoms with van der Waals surface area (Å²) in [5, 5.41) is 3.71. The SMILES string of the molecule is CCCC(COC)Nc1cc(Cl)nc(COC)n1. The lowest BCUT2D eigenvalue weighted by Gasteiger charge is -2.18. The molecule has 1 aromatic rings. The number of halogens is 1. The van der Waals surface area contributed by atoms with Gasteiger partial charge in [0.1, 0.15) is 17.6 Å². The first kappa shape index (κ1) is 15.1. The van der Waals surface area contributed by atoms with Crippen LogP contribution in [0.3, 0.4) is 0 Å². The van der Waals surface area contributed by atoms with Crippen LogP contribution in [0.15, 0.2) is 6.07 Å². The molecule has 1 heterocycles. The summed E-state index contributed by atoms with van der Waals surface area (Å²) < 4.78 is 10.2. The maximum atomic E-state index is 5.95. The molecule has 0 bridgehead atoms. The Labute approximate surface area is 113 Å². The van der Waals surface area contributed by atoms with Crippen LogP contribution in [-0.2, 0) is 16.1 Å². The van der Waals surface area contributed by atoms with Gasteiger partial charge in [0.2, 0.25) is 0 Å². The number of rotatable bonds is 8. The predicted molar refractivity (Wildman–Crippen MR) is 71.9 cm³/mol. The van der Waals surface area contributed by atoms with Crippen molar-refractivity contribution in [2.45, 2.75) is 32.4 Å². The van der Waals surface area contributed by atoms with E-state index >= 15 is 0 Å². The van der Waals surface area contributed by atoms with Gasteiger partial charge in [-0.1, -0.05) is 24.9 Å². The number of hydrogen-bond acceptors (Lipinski definition) is 5. The molecule has 0 radical (unpaired) electrons. The Kier molecular flexibility index (Phi) is 6.93. The van der Waals surface area contributed by atoms with E-state index in [0.29, 0.717) is 30.0 Å². The van der Waals surface area contributed by atoms with Gasteiger partial charge < -0.3 is 14.8 Å². The minimum Gasteiger partial charge on any atom is -0.383 e. The van der Waals surface area contributed by atoms with E-state index in [1.54, 1.807) is 20.3 Å². The third-order valence-electron chi connectivity index (χ3n) is 2.37. The van der Waals surface area contributed by atoms with Crippen molar-refractivity contribution in [2.75, 3.05) is 26.1 Å². The zero-order chi connectivity index (χ0) is 13.4. The normalized spacial score (nSPS) is 12.4. The highest BCUT2D eigenvalue weighted by Gasteiger charge is 2.10. The predicted octanol–water partition coefficient (Wildman–Crippen LogP) is 2.50. The van der Waals surface area contributed by atoms with Crippen molar-refractivity contribution < 1.29 is 9.47 Å². The summed E-state index contributed by atoms with van der Waals surface area (Å²) in [7, 11) is 3.29. The van der Waals surface area contributed by atoms with E-state index in [9.17, 15) is 0 Å². The lowest BCUT2D eigenvalue weighted by molar-refractivity contribution is 0.177. The van der Waals surface area contributed by atoms with Crippen molar-refractivity contribution in [2.24, 2.45) is 0 Å². The maximum absolute atomic E-state index is 5.95. The molecule has 18 heavy (non-hydrogen) atoms. The Morgan fingerprint density at radius 3 is 2.72 bits per heavy atom. The topological polar surface area (TPSA) is 56.3 Å². The third-order valence-corrected chi connectivity index (χ3v) is 2.57. The minimum absolute atomic E-state index is 0.223. The molecule has 1 aromatic heterocycles. The second-order valence-corrected chi connectivity index (χ2v) is 4.40. The van der Waals surface area contributed by atoms with Crippen LogP contribution < -0.4 is 5.32 Å². The smallest absolute Gasteiger partial charge is 0.158 e. The van der Waals surface area contributed by atoms with E-state index in [4.69, 9.17) is 21.1 Å². The van der Waals surface area contributed by atoms with Crippen LogP contribution in [0.2, 0.25) is 5.15 Å². The zero-order valence-corrected chi connectivity index (χ0v) is 11.8. The van der Waals surface area contributed by atoms with Gasteiger partial charge in [-0.15, -0.1) is 0 Å². The molecule has 0 fully saturated rings. The first-order valence-corrected chi connectivity index (χ1v) is 6.35. The van der Waals surface area contributed by atoms with Crippen LogP contribution in [0.5, 0.6) is 0 Å². The molecule has 1 rings (SSSR count). The minimum atomic E-state index is 0.223. The molecule has 5 nitrogen and oxygen atoms in total. The van der Waals surface area contributed by atoms with Gasteiger partial charge in [0.15, 0.2) is 5.82 Å². The molecule has 1 unspecified atom stereocenters. The molecular weight excluding hydrogens is 254 g/mol. The maximum Gasteiger partial charge on any atom is 0.158 e. The highest BCUT2D eigenvalue weighted by atomic mass is 35.5. The van der Waals surface area contributed by atoms with Crippen LogP contribution in [0, 0.1) is 0 Å². The van der Waals surface area contributed by atoms with Crippen molar-refractivity contribution in [3.63, 3.8) is 0 Å². The fraction of sp³-hybridized carbons (Fsp3) is 0.667. The molecule has 0 saturated heterocycles. The molecular formula is C12H20ClN3O2. The molecule has 6 heteroatoms. The summed E-state index contributed by atoms with van der Waals surface area (Å²) in [6.07, 6.45) is 2.08. The van der Waals surface area contributed by atoms with Gasteiger partial charge in [0, 0.05) is 20.3 Å². The molecule has 0 aromatic carbocycles. The number of nitrogens with zero attached hydrogens (tertiary/aromatic N) is 2. The average molecular weight is 274 g/mol. The third kappa shape index (κ3) is 5.16. The quantitative estimate of drug-likeness (QED) is 0.738. The summed E-state index contributed by atoms with van der Waals surface area (Å²) in [6, 6.07) is 1.93. The van der Waals surface area contributed by atoms with Gasteiger partial charge in [-0.2, -0.15) is 0 Å². The van der Waals surface area contributed by atoms with Crippen LogP contribution in [0.4, 0.5) is 5.82 Å². The number of methoxy groups -OCH3 is 2. The number of ether oxygens (including phenoxy) is 2. The lowest BCUT2D eigenvalue weighted by atomic mass is 10.2. The standard InChI is InChI=1S/C12H20ClN3O2/c1-4-5-9(7-17-2)14-11-6-10(13)15-12(16-11)8-18-3/h6,9H,4-5,7-8H2,1-3H3,(H,14,15,16). The summed E-state index contributed by atoms with van der Waals surface area (Å²) in [5.41, 5.74) is 0. The molecule has 0 saturated carbocycles. The summed E-state index contributed by atoms with van der Waals surface area (Å²) >= 11 is 5.95. The first-order valence-electron chi connectivity index (χ1n) is 5.97. The zero-order valence-electron chi connectivity index (χ0n) is 11.1. The largest absolute Gasteiger partial charge is 0.383 e. The molecule has 0 aliphatic rings. The van der Waals surface area contributed by atoms with Crippen molar-refractivity contribution >= 4 is 17.4 Å². The number of hydrogen-bond donors (Lipinski definition) is 1. The first-order chi connectivity index (χ1) is 8.69. The Hall–Kier alpha value is -0.910.